The van der Waals surface area contributed by atoms with Crippen molar-refractivity contribution in [3.63, 3.8) is 0 Å². The van der Waals surface area contributed by atoms with Gasteiger partial charge in [0.05, 0.1) is 0 Å². The predicted octanol–water partition coefficient (Wildman–Crippen LogP) is 2.58. The van der Waals surface area contributed by atoms with E-state index in [0.717, 1.165) is 25.8 Å². The highest BCUT2D eigenvalue weighted by atomic mass is 16.2. The van der Waals surface area contributed by atoms with Crippen LogP contribution in [0.2, 0.25) is 0 Å². The van der Waals surface area contributed by atoms with Crippen LogP contribution in [0.15, 0.2) is 0 Å². The van der Waals surface area contributed by atoms with Gasteiger partial charge in [0, 0.05) is 19.0 Å². The first-order chi connectivity index (χ1) is 6.29. The van der Waals surface area contributed by atoms with Crippen LogP contribution in [0, 0.1) is 0 Å². The summed E-state index contributed by atoms with van der Waals surface area (Å²) in [7, 11) is 0. The van der Waals surface area contributed by atoms with Crippen molar-refractivity contribution in [2.24, 2.45) is 0 Å². The SMILES string of the molecule is CCCC(=O)N1CCCCC1CC. The molecule has 13 heavy (non-hydrogen) atoms. The summed E-state index contributed by atoms with van der Waals surface area (Å²) in [4.78, 5) is 13.8. The van der Waals surface area contributed by atoms with E-state index in [0.29, 0.717) is 11.9 Å². The first-order valence-electron chi connectivity index (χ1n) is 5.59. The van der Waals surface area contributed by atoms with Crippen molar-refractivity contribution < 1.29 is 4.79 Å². The highest BCUT2D eigenvalue weighted by Crippen LogP contribution is 2.20. The second-order valence-electron chi connectivity index (χ2n) is 3.89. The lowest BCUT2D eigenvalue weighted by atomic mass is 9.99. The zero-order valence-electron chi connectivity index (χ0n) is 8.88. The molecule has 1 unspecified atom stereocenters. The Hall–Kier alpha value is -0.530. The molecule has 1 amide bonds. The zero-order valence-corrected chi connectivity index (χ0v) is 8.88. The van der Waals surface area contributed by atoms with Gasteiger partial charge in [-0.1, -0.05) is 13.8 Å². The number of carbonyl (C=O) groups excluding carboxylic acids is 1. The number of piperidine rings is 1. The van der Waals surface area contributed by atoms with Crippen LogP contribution < -0.4 is 0 Å². The highest BCUT2D eigenvalue weighted by Gasteiger charge is 2.23. The first-order valence-corrected chi connectivity index (χ1v) is 5.59. The van der Waals surface area contributed by atoms with Crippen LogP contribution in [0.4, 0.5) is 0 Å². The molecule has 1 aliphatic heterocycles. The first kappa shape index (κ1) is 10.6. The molecule has 0 bridgehead atoms. The lowest BCUT2D eigenvalue weighted by molar-refractivity contribution is -0.134. The second-order valence-corrected chi connectivity index (χ2v) is 3.89. The molecule has 1 rings (SSSR count). The van der Waals surface area contributed by atoms with Crippen molar-refractivity contribution in [2.45, 2.75) is 58.4 Å². The number of hydrogen-bond donors (Lipinski definition) is 0. The van der Waals surface area contributed by atoms with Crippen LogP contribution in [0.25, 0.3) is 0 Å². The Bertz CT molecular complexity index is 167. The molecular weight excluding hydrogens is 162 g/mol. The number of carbonyl (C=O) groups is 1. The number of hydrogen-bond acceptors (Lipinski definition) is 1. The minimum absolute atomic E-state index is 0.369. The molecule has 76 valence electrons. The van der Waals surface area contributed by atoms with Gasteiger partial charge in [-0.3, -0.25) is 4.79 Å². The third-order valence-electron chi connectivity index (χ3n) is 2.88. The van der Waals surface area contributed by atoms with Crippen LogP contribution >= 0.6 is 0 Å². The van der Waals surface area contributed by atoms with Crippen molar-refractivity contribution >= 4 is 5.91 Å². The summed E-state index contributed by atoms with van der Waals surface area (Å²) in [6, 6.07) is 0.535. The molecule has 0 radical (unpaired) electrons. The molecule has 1 aliphatic rings. The maximum Gasteiger partial charge on any atom is 0.222 e. The van der Waals surface area contributed by atoms with E-state index >= 15 is 0 Å². The summed E-state index contributed by atoms with van der Waals surface area (Å²) in [5.41, 5.74) is 0. The summed E-state index contributed by atoms with van der Waals surface area (Å²) in [5, 5.41) is 0. The van der Waals surface area contributed by atoms with Gasteiger partial charge in [0.2, 0.25) is 5.91 Å². The molecule has 1 fully saturated rings. The maximum absolute atomic E-state index is 11.7. The topological polar surface area (TPSA) is 20.3 Å². The Morgan fingerprint density at radius 3 is 2.77 bits per heavy atom. The summed E-state index contributed by atoms with van der Waals surface area (Å²) in [6.07, 6.45) is 6.55. The van der Waals surface area contributed by atoms with Crippen LogP contribution in [-0.4, -0.2) is 23.4 Å². The third-order valence-corrected chi connectivity index (χ3v) is 2.88. The molecule has 1 atom stereocenters. The highest BCUT2D eigenvalue weighted by molar-refractivity contribution is 5.76. The van der Waals surface area contributed by atoms with Gasteiger partial charge in [0.15, 0.2) is 0 Å². The monoisotopic (exact) mass is 183 g/mol. The summed E-state index contributed by atoms with van der Waals surface area (Å²) < 4.78 is 0. The van der Waals surface area contributed by atoms with Gasteiger partial charge in [-0.05, 0) is 32.1 Å². The van der Waals surface area contributed by atoms with Gasteiger partial charge in [-0.15, -0.1) is 0 Å². The van der Waals surface area contributed by atoms with Crippen molar-refractivity contribution in [1.29, 1.82) is 0 Å². The van der Waals surface area contributed by atoms with Gasteiger partial charge in [0.1, 0.15) is 0 Å². The lowest BCUT2D eigenvalue weighted by Crippen LogP contribution is -2.43. The number of nitrogens with zero attached hydrogens (tertiary/aromatic N) is 1. The Morgan fingerprint density at radius 2 is 2.15 bits per heavy atom. The molecule has 2 nitrogen and oxygen atoms in total. The van der Waals surface area contributed by atoms with Crippen molar-refractivity contribution in [3.8, 4) is 0 Å². The van der Waals surface area contributed by atoms with Crippen molar-refractivity contribution in [1.82, 2.24) is 4.90 Å². The maximum atomic E-state index is 11.7. The van der Waals surface area contributed by atoms with Gasteiger partial charge >= 0.3 is 0 Å². The quantitative estimate of drug-likeness (QED) is 0.658. The summed E-state index contributed by atoms with van der Waals surface area (Å²) >= 11 is 0. The molecular formula is C11H21NO. The molecule has 0 aromatic carbocycles. The average Bonchev–Trinajstić information content (AvgIpc) is 2.18. The summed E-state index contributed by atoms with van der Waals surface area (Å²) in [5.74, 6) is 0.369. The van der Waals surface area contributed by atoms with Crippen LogP contribution in [0.1, 0.15) is 52.4 Å². The van der Waals surface area contributed by atoms with E-state index in [2.05, 4.69) is 18.7 Å². The third kappa shape index (κ3) is 2.71. The van der Waals surface area contributed by atoms with Crippen LogP contribution in [0.3, 0.4) is 0 Å². The predicted molar refractivity (Wildman–Crippen MR) is 54.6 cm³/mol. The van der Waals surface area contributed by atoms with E-state index in [1.54, 1.807) is 0 Å². The van der Waals surface area contributed by atoms with Gasteiger partial charge in [0.25, 0.3) is 0 Å². The molecule has 1 heterocycles. The van der Waals surface area contributed by atoms with E-state index in [-0.39, 0.29) is 0 Å². The fraction of sp³-hybridized carbons (Fsp3) is 0.909. The van der Waals surface area contributed by atoms with E-state index in [9.17, 15) is 4.79 Å². The molecule has 2 heteroatoms. The Kier molecular flexibility index (Phi) is 4.26. The van der Waals surface area contributed by atoms with Crippen LogP contribution in [0.5, 0.6) is 0 Å². The standard InChI is InChI=1S/C11H21NO/c1-3-7-11(13)12-9-6-5-8-10(12)4-2/h10H,3-9H2,1-2H3. The molecule has 1 saturated heterocycles. The number of likely N-dealkylation sites (tertiary alicyclic amines) is 1. The van der Waals surface area contributed by atoms with Crippen molar-refractivity contribution in [2.75, 3.05) is 6.54 Å². The zero-order chi connectivity index (χ0) is 9.68. The normalized spacial score (nSPS) is 23.2. The van der Waals surface area contributed by atoms with E-state index in [4.69, 9.17) is 0 Å². The van der Waals surface area contributed by atoms with Gasteiger partial charge in [-0.2, -0.15) is 0 Å². The Balaban J connectivity index is 2.48. The second kappa shape index (κ2) is 5.25. The Morgan fingerprint density at radius 1 is 1.38 bits per heavy atom. The lowest BCUT2D eigenvalue weighted by Gasteiger charge is -2.35. The van der Waals surface area contributed by atoms with Crippen LogP contribution in [-0.2, 0) is 4.79 Å². The largest absolute Gasteiger partial charge is 0.340 e. The van der Waals surface area contributed by atoms with E-state index < -0.39 is 0 Å². The number of rotatable bonds is 3. The minimum atomic E-state index is 0.369. The van der Waals surface area contributed by atoms with E-state index in [1.165, 1.54) is 19.3 Å². The molecule has 0 spiro atoms. The van der Waals surface area contributed by atoms with E-state index in [1.807, 2.05) is 0 Å². The average molecular weight is 183 g/mol. The molecule has 0 aromatic rings. The van der Waals surface area contributed by atoms with Gasteiger partial charge in [-0.25, -0.2) is 0 Å². The fourth-order valence-corrected chi connectivity index (χ4v) is 2.11. The molecule has 0 aromatic heterocycles. The molecule has 0 aliphatic carbocycles. The summed E-state index contributed by atoms with van der Waals surface area (Å²) in [6.45, 7) is 5.25. The fourth-order valence-electron chi connectivity index (χ4n) is 2.11. The number of amides is 1. The minimum Gasteiger partial charge on any atom is -0.340 e. The van der Waals surface area contributed by atoms with Gasteiger partial charge < -0.3 is 4.90 Å². The van der Waals surface area contributed by atoms with Crippen molar-refractivity contribution in [3.05, 3.63) is 0 Å². The Labute approximate surface area is 81.3 Å². The molecule has 0 N–H and O–H groups in total. The molecule has 0 saturated carbocycles. The smallest absolute Gasteiger partial charge is 0.222 e.